The Morgan fingerprint density at radius 2 is 1.42 bits per heavy atom. The third kappa shape index (κ3) is 26.7. The number of sulfone groups is 1. The summed E-state index contributed by atoms with van der Waals surface area (Å²) >= 11 is 0. The highest BCUT2D eigenvalue weighted by molar-refractivity contribution is 7.91. The van der Waals surface area contributed by atoms with E-state index in [1.54, 1.807) is 45.6 Å². The molecule has 5 aromatic rings. The number of nitrogen functional groups attached to an aromatic ring is 1. The second-order valence-corrected chi connectivity index (χ2v) is 38.3. The maximum atomic E-state index is 16.0. The molecule has 5 amide bonds. The van der Waals surface area contributed by atoms with Crippen LogP contribution in [0.25, 0.3) is 11.1 Å². The molecule has 9 heterocycles. The number of piperidine rings is 1. The fraction of sp³-hybridized carbons (Fsp3) is 0.577. The number of carbonyl (C=O) groups is 8. The third-order valence-electron chi connectivity index (χ3n) is 26.7. The number of esters is 1. The van der Waals surface area contributed by atoms with Gasteiger partial charge in [0.25, 0.3) is 23.5 Å². The van der Waals surface area contributed by atoms with E-state index in [0.717, 1.165) is 41.2 Å². The zero-order valence-electron chi connectivity index (χ0n) is 77.5. The number of methoxy groups -OCH3 is 2. The second kappa shape index (κ2) is 47.4. The number of alkyl carbamates (subject to hydrolysis) is 1. The van der Waals surface area contributed by atoms with Crippen LogP contribution in [-0.2, 0) is 75.3 Å². The van der Waals surface area contributed by atoms with Gasteiger partial charge in [0.15, 0.2) is 15.6 Å². The summed E-state index contributed by atoms with van der Waals surface area (Å²) in [4.78, 5) is 144. The molecular weight excluding hydrogens is 1720 g/mol. The molecule has 12 rings (SSSR count). The topological polar surface area (TPSA) is 410 Å². The van der Waals surface area contributed by atoms with Gasteiger partial charge in [0.2, 0.25) is 23.6 Å². The highest BCUT2D eigenvalue weighted by atomic mass is 32.2. The van der Waals surface area contributed by atoms with Crippen LogP contribution >= 0.6 is 0 Å². The number of aliphatic hydroxyl groups is 2. The Balaban J connectivity index is 0.531. The van der Waals surface area contributed by atoms with Crippen LogP contribution in [0.2, 0.25) is 0 Å². The molecule has 132 heavy (non-hydrogen) atoms. The largest absolute Gasteiger partial charge is 0.491 e. The fourth-order valence-electron chi connectivity index (χ4n) is 18.4. The van der Waals surface area contributed by atoms with Crippen LogP contribution in [0.15, 0.2) is 126 Å². The number of anilines is 3. The summed E-state index contributed by atoms with van der Waals surface area (Å²) in [5.74, 6) is -7.21. The molecule has 1 saturated carbocycles. The van der Waals surface area contributed by atoms with Gasteiger partial charge in [-0.25, -0.2) is 47.3 Å². The Kier molecular flexibility index (Phi) is 36.1. The molecular formula is C97H131FN14O19S. The molecule has 1 unspecified atom stereocenters. The minimum atomic E-state index is -4.26. The number of hydrogen-bond donors (Lipinski definition) is 5. The molecule has 716 valence electrons. The summed E-state index contributed by atoms with van der Waals surface area (Å²) < 4.78 is 85.1. The molecule has 4 saturated heterocycles. The molecule has 2 bridgehead atoms. The summed E-state index contributed by atoms with van der Waals surface area (Å²) in [6.45, 7) is 19.1. The van der Waals surface area contributed by atoms with Crippen LogP contribution in [0.5, 0.6) is 5.75 Å². The number of rotatable bonds is 23. The highest BCUT2D eigenvalue weighted by Gasteiger charge is 2.53. The average molecular weight is 1850 g/mol. The fourth-order valence-corrected chi connectivity index (χ4v) is 19.7. The number of carbonyl (C=O) groups excluding carboxylic acids is 8. The Morgan fingerprint density at radius 3 is 2.12 bits per heavy atom. The SMILES string of the molecule is CO[C@H]1CC2CC[C@@H](C)[C@@](O)(O2)C(=O)C(=O)N2CCCC[C@H]2C(=O)O[C@H](CC[C@H]2CC[C@H](OC(=O)NCc3cnc(N4CCN(C(=O)CCOCCN5CCN(c6ncc(C(=O)NCCS(=O)(=O)c7ccc(C(=O)N8CCOc9ccc(-c%10ccc(N)nc%10)cc9C8)c(C)c7F)cn6)CC5)CC4)nc3)CC2)CC[C@H](C)/C=C(\C)[C@@H](O)[C@@H](OC)C(=O)[C@H](C)C[C@H](C)/C=C/C=C/C=C/1C. The predicted octanol–water partition coefficient (Wildman–Crippen LogP) is 9.85. The van der Waals surface area contributed by atoms with Gasteiger partial charge in [-0.15, -0.1) is 0 Å². The number of nitrogens with zero attached hydrogens (tertiary/aromatic N) is 11. The van der Waals surface area contributed by atoms with Crippen LogP contribution < -0.4 is 30.9 Å². The van der Waals surface area contributed by atoms with Crippen molar-refractivity contribution in [3.05, 3.63) is 155 Å². The van der Waals surface area contributed by atoms with E-state index < -0.39 is 116 Å². The number of aromatic nitrogens is 5. The summed E-state index contributed by atoms with van der Waals surface area (Å²) in [6.07, 6.45) is 22.8. The predicted molar refractivity (Wildman–Crippen MR) is 492 cm³/mol. The molecule has 6 N–H and O–H groups in total. The molecule has 6 aliphatic heterocycles. The average Bonchev–Trinajstić information content (AvgIpc) is 0.836. The van der Waals surface area contributed by atoms with Crippen molar-refractivity contribution in [1.82, 2.24) is 55.2 Å². The van der Waals surface area contributed by atoms with Crippen molar-refractivity contribution in [2.45, 2.75) is 218 Å². The van der Waals surface area contributed by atoms with Crippen molar-refractivity contribution in [3.8, 4) is 16.9 Å². The zero-order chi connectivity index (χ0) is 94.3. The number of benzene rings is 2. The van der Waals surface area contributed by atoms with Gasteiger partial charge in [-0.2, -0.15) is 0 Å². The van der Waals surface area contributed by atoms with Gasteiger partial charge >= 0.3 is 12.1 Å². The number of halogens is 1. The van der Waals surface area contributed by atoms with E-state index in [-0.39, 0.29) is 111 Å². The van der Waals surface area contributed by atoms with Crippen LogP contribution in [0.4, 0.5) is 26.9 Å². The number of nitrogens with one attached hydrogen (secondary N) is 2. The number of piperazine rings is 2. The lowest BCUT2D eigenvalue weighted by atomic mass is 9.83. The van der Waals surface area contributed by atoms with Crippen molar-refractivity contribution in [2.24, 2.45) is 29.6 Å². The minimum absolute atomic E-state index is 0.00815. The monoisotopic (exact) mass is 1850 g/mol. The van der Waals surface area contributed by atoms with Crippen molar-refractivity contribution < 1.29 is 94.5 Å². The van der Waals surface area contributed by atoms with E-state index in [4.69, 9.17) is 38.9 Å². The highest BCUT2D eigenvalue weighted by Crippen LogP contribution is 2.39. The van der Waals surface area contributed by atoms with Gasteiger partial charge in [0.1, 0.15) is 59.3 Å². The smallest absolute Gasteiger partial charge is 0.407 e. The molecule has 11 atom stereocenters. The summed E-state index contributed by atoms with van der Waals surface area (Å²) in [5, 5.41) is 29.2. The molecule has 2 aromatic carbocycles. The molecule has 3 aromatic heterocycles. The number of allylic oxidation sites excluding steroid dienone is 6. The first kappa shape index (κ1) is 100. The maximum absolute atomic E-state index is 16.0. The number of amides is 5. The second-order valence-electron chi connectivity index (χ2n) is 36.2. The summed E-state index contributed by atoms with van der Waals surface area (Å²) in [7, 11) is -1.25. The van der Waals surface area contributed by atoms with Gasteiger partial charge in [-0.1, -0.05) is 70.2 Å². The Hall–Kier alpha value is -10.5. The van der Waals surface area contributed by atoms with Gasteiger partial charge in [0, 0.05) is 171 Å². The van der Waals surface area contributed by atoms with Crippen molar-refractivity contribution in [3.63, 3.8) is 0 Å². The van der Waals surface area contributed by atoms with Gasteiger partial charge in [-0.3, -0.25) is 33.7 Å². The maximum Gasteiger partial charge on any atom is 0.407 e. The van der Waals surface area contributed by atoms with Crippen LogP contribution in [-0.4, -0.2) is 277 Å². The van der Waals surface area contributed by atoms with Crippen molar-refractivity contribution in [2.75, 3.05) is 134 Å². The van der Waals surface area contributed by atoms with Gasteiger partial charge in [0.05, 0.1) is 49.7 Å². The number of ketones is 2. The molecule has 0 spiro atoms. The van der Waals surface area contributed by atoms with Crippen LogP contribution in [0.3, 0.4) is 0 Å². The third-order valence-corrected chi connectivity index (χ3v) is 28.4. The van der Waals surface area contributed by atoms with Gasteiger partial charge in [-0.05, 0) is 187 Å². The number of Topliss-reactive ketones (excluding diaryl/α,β-unsaturated/α-hetero) is 2. The normalized spacial score (nSPS) is 27.1. The number of cyclic esters (lactones) is 1. The van der Waals surface area contributed by atoms with Crippen molar-refractivity contribution in [1.29, 1.82) is 0 Å². The van der Waals surface area contributed by atoms with Crippen LogP contribution in [0.1, 0.15) is 182 Å². The first-order valence-corrected chi connectivity index (χ1v) is 48.2. The lowest BCUT2D eigenvalue weighted by molar-refractivity contribution is -0.265. The number of pyridine rings is 1. The Labute approximate surface area is 773 Å². The minimum Gasteiger partial charge on any atom is -0.491 e. The van der Waals surface area contributed by atoms with Gasteiger partial charge < -0.3 is 84.2 Å². The first-order valence-electron chi connectivity index (χ1n) is 46.5. The first-order chi connectivity index (χ1) is 63.4. The van der Waals surface area contributed by atoms with E-state index >= 15 is 4.39 Å². The molecule has 7 aliphatic rings. The molecule has 0 radical (unpaired) electrons. The number of ether oxygens (including phenoxy) is 7. The number of hydrogen-bond acceptors (Lipinski definition) is 28. The Morgan fingerprint density at radius 1 is 0.705 bits per heavy atom. The lowest BCUT2D eigenvalue weighted by Gasteiger charge is -2.42. The van der Waals surface area contributed by atoms with E-state index in [1.165, 1.54) is 42.3 Å². The lowest BCUT2D eigenvalue weighted by Crippen LogP contribution is -2.60. The number of nitrogens with two attached hydrogens (primary N) is 1. The van der Waals surface area contributed by atoms with Crippen molar-refractivity contribution >= 4 is 74.8 Å². The summed E-state index contributed by atoms with van der Waals surface area (Å²) in [5.41, 5.74) is 10.3. The van der Waals surface area contributed by atoms with E-state index in [2.05, 4.69) is 40.5 Å². The number of aliphatic hydroxyl groups excluding tert-OH is 1. The molecule has 1 aliphatic carbocycles. The van der Waals surface area contributed by atoms with E-state index in [1.807, 2.05) is 103 Å². The molecule has 5 fully saturated rings. The molecule has 33 nitrogen and oxygen atoms in total. The quantitative estimate of drug-likeness (QED) is 0.0176. The van der Waals surface area contributed by atoms with Crippen LogP contribution in [0, 0.1) is 42.3 Å². The number of fused-ring (bicyclic) bond motifs is 4. The zero-order valence-corrected chi connectivity index (χ0v) is 78.3. The molecule has 35 heteroatoms. The Bertz CT molecular complexity index is 5040. The van der Waals surface area contributed by atoms with E-state index in [0.29, 0.717) is 177 Å². The summed E-state index contributed by atoms with van der Waals surface area (Å²) in [6, 6.07) is 10.5. The standard InChI is InChI=1S/C97H131FN14O19S/c1-62-15-11-10-12-16-64(3)81(125-8)54-77-26-19-67(6)97(122,131-77)89(116)92(119)112-36-14-13-17-79(112)93(120)129-75(25-18-63(2)52-66(5)87(115)88(126-9)86(114)65(4)51-62)27-20-69-21-28-76(29-22-69)130-96(121)106-57-70-55-102-94(103-56-70)110-43-41-108(42-44-110)84(113)34-47-127-48-45-107-37-39-109(40-38-107)95-104-59-74(60-105-95)90(117)100-35-50-132(123,124)82-32-30-78(68(7)85(82)98)91(118)111-46-49-128-80-31-23-71(53-73(80)61-111)72-24-33-83(99)101-58-72/h10-12,15-16,23-24,30-33,52-53,55-56,58-60,62-63,65,67,69,75-77,79,81,87-88,115,122H,13-14,17-22,25-29,34-51,54,57,61H2,1-9H3,(H2,99,101)(H,100,117)(H,106,121)/b12-10+,15-11+,64-16+,66-52+/t62-,63+,65-,67-,69-,75+,76-,77?,79+,81+,87-,88+,97-/m1/s1. The van der Waals surface area contributed by atoms with E-state index in [9.17, 15) is 57.0 Å².